The Bertz CT molecular complexity index is 460. The molecule has 0 heterocycles. The van der Waals surface area contributed by atoms with Gasteiger partial charge in [-0.15, -0.1) is 0 Å². The van der Waals surface area contributed by atoms with Crippen molar-refractivity contribution in [3.63, 3.8) is 0 Å². The number of aliphatic carboxylic acids is 1. The second-order valence-electron chi connectivity index (χ2n) is 3.88. The molecule has 0 amide bonds. The molecule has 1 rings (SSSR count). The second kappa shape index (κ2) is 5.48. The van der Waals surface area contributed by atoms with Crippen molar-refractivity contribution < 1.29 is 23.1 Å². The first-order valence-electron chi connectivity index (χ1n) is 5.01. The van der Waals surface area contributed by atoms with Gasteiger partial charge in [0.05, 0.1) is 18.7 Å². The lowest BCUT2D eigenvalue weighted by Crippen LogP contribution is -2.23. The van der Waals surface area contributed by atoms with Gasteiger partial charge in [-0.05, 0) is 12.1 Å². The van der Waals surface area contributed by atoms with E-state index in [4.69, 9.17) is 16.7 Å². The summed E-state index contributed by atoms with van der Waals surface area (Å²) in [6.07, 6.45) is -0.608. The number of alkyl halides is 2. The molecule has 3 nitrogen and oxygen atoms in total. The Balaban J connectivity index is 2.97. The van der Waals surface area contributed by atoms with E-state index in [2.05, 4.69) is 5.32 Å². The number of hydrogen-bond acceptors (Lipinski definition) is 2. The van der Waals surface area contributed by atoms with Gasteiger partial charge in [0, 0.05) is 17.5 Å². The molecule has 7 heteroatoms. The highest BCUT2D eigenvalue weighted by Gasteiger charge is 2.22. The Morgan fingerprint density at radius 1 is 1.50 bits per heavy atom. The van der Waals surface area contributed by atoms with Crippen LogP contribution in [-0.4, -0.2) is 23.5 Å². The molecule has 0 aliphatic rings. The number of carboxylic acid groups (broad SMARTS) is 1. The van der Waals surface area contributed by atoms with Gasteiger partial charge in [-0.25, -0.2) is 13.2 Å². The molecule has 100 valence electrons. The smallest absolute Gasteiger partial charge is 0.307 e. The molecular weight excluding hydrogens is 271 g/mol. The summed E-state index contributed by atoms with van der Waals surface area (Å²) in [4.78, 5) is 10.5. The number of anilines is 1. The highest BCUT2D eigenvalue weighted by molar-refractivity contribution is 6.31. The third-order valence-corrected chi connectivity index (χ3v) is 2.46. The number of carboxylic acids is 1. The number of halogens is 4. The molecule has 1 aromatic rings. The molecule has 0 unspecified atom stereocenters. The highest BCUT2D eigenvalue weighted by atomic mass is 35.5. The molecule has 0 aliphatic carbocycles. The second-order valence-corrected chi connectivity index (χ2v) is 4.29. The highest BCUT2D eigenvalue weighted by Crippen LogP contribution is 2.27. The van der Waals surface area contributed by atoms with Crippen molar-refractivity contribution in [2.75, 3.05) is 11.9 Å². The molecule has 1 aromatic carbocycles. The van der Waals surface area contributed by atoms with Crippen LogP contribution in [0.3, 0.4) is 0 Å². The molecule has 0 atom stereocenters. The van der Waals surface area contributed by atoms with Crippen LogP contribution < -0.4 is 5.32 Å². The monoisotopic (exact) mass is 281 g/mol. The number of nitrogens with one attached hydrogen (secondary N) is 1. The Kier molecular flexibility index (Phi) is 4.45. The van der Waals surface area contributed by atoms with Crippen molar-refractivity contribution in [2.24, 2.45) is 0 Å². The molecule has 0 fully saturated rings. The average molecular weight is 282 g/mol. The average Bonchev–Trinajstić information content (AvgIpc) is 2.21. The van der Waals surface area contributed by atoms with E-state index in [9.17, 15) is 18.0 Å². The van der Waals surface area contributed by atoms with E-state index in [1.54, 1.807) is 0 Å². The Morgan fingerprint density at radius 2 is 2.11 bits per heavy atom. The minimum absolute atomic E-state index is 0.0521. The SMILES string of the molecule is CC(F)(F)CNc1ccc(Cl)c(CC(=O)O)c1F. The van der Waals surface area contributed by atoms with Gasteiger partial charge >= 0.3 is 5.97 Å². The molecule has 0 bridgehead atoms. The standard InChI is InChI=1S/C11H11ClF3NO2/c1-11(14,15)5-16-8-3-2-7(12)6(10(8)13)4-9(17)18/h2-3,16H,4-5H2,1H3,(H,17,18). The maximum Gasteiger partial charge on any atom is 0.307 e. The number of carbonyl (C=O) groups is 1. The summed E-state index contributed by atoms with van der Waals surface area (Å²) in [7, 11) is 0. The van der Waals surface area contributed by atoms with Gasteiger partial charge in [0.2, 0.25) is 0 Å². The van der Waals surface area contributed by atoms with Gasteiger partial charge in [-0.1, -0.05) is 11.6 Å². The van der Waals surface area contributed by atoms with Crippen LogP contribution in [0.1, 0.15) is 12.5 Å². The zero-order chi connectivity index (χ0) is 13.9. The van der Waals surface area contributed by atoms with E-state index >= 15 is 0 Å². The van der Waals surface area contributed by atoms with E-state index in [0.717, 1.165) is 0 Å². The van der Waals surface area contributed by atoms with Gasteiger partial charge in [-0.3, -0.25) is 4.79 Å². The van der Waals surface area contributed by atoms with Crippen molar-refractivity contribution in [3.05, 3.63) is 28.5 Å². The Hall–Kier alpha value is -1.43. The summed E-state index contributed by atoms with van der Waals surface area (Å²) in [6.45, 7) is -0.0654. The topological polar surface area (TPSA) is 49.3 Å². The predicted molar refractivity (Wildman–Crippen MR) is 61.9 cm³/mol. The third kappa shape index (κ3) is 4.10. The number of rotatable bonds is 5. The van der Waals surface area contributed by atoms with Crippen molar-refractivity contribution in [2.45, 2.75) is 19.3 Å². The van der Waals surface area contributed by atoms with Crippen LogP contribution in [0.5, 0.6) is 0 Å². The molecule has 0 aliphatic heterocycles. The zero-order valence-electron chi connectivity index (χ0n) is 9.44. The van der Waals surface area contributed by atoms with Crippen molar-refractivity contribution in [1.82, 2.24) is 0 Å². The maximum absolute atomic E-state index is 13.8. The molecule has 18 heavy (non-hydrogen) atoms. The van der Waals surface area contributed by atoms with Crippen molar-refractivity contribution >= 4 is 23.3 Å². The maximum atomic E-state index is 13.8. The van der Waals surface area contributed by atoms with Crippen LogP contribution in [0.15, 0.2) is 12.1 Å². The van der Waals surface area contributed by atoms with E-state index in [1.807, 2.05) is 0 Å². The van der Waals surface area contributed by atoms with Crippen LogP contribution in [0.25, 0.3) is 0 Å². The van der Waals surface area contributed by atoms with Crippen LogP contribution in [-0.2, 0) is 11.2 Å². The van der Waals surface area contributed by atoms with E-state index in [1.165, 1.54) is 12.1 Å². The normalized spacial score (nSPS) is 11.4. The molecule has 0 aromatic heterocycles. The van der Waals surface area contributed by atoms with Gasteiger partial charge in [0.1, 0.15) is 0 Å². The van der Waals surface area contributed by atoms with Crippen LogP contribution in [0.2, 0.25) is 5.02 Å². The molecule has 0 spiro atoms. The number of hydrogen-bond donors (Lipinski definition) is 2. The zero-order valence-corrected chi connectivity index (χ0v) is 10.2. The quantitative estimate of drug-likeness (QED) is 0.871. The molecular formula is C11H11ClF3NO2. The summed E-state index contributed by atoms with van der Waals surface area (Å²) in [5.74, 6) is -5.18. The van der Waals surface area contributed by atoms with Gasteiger partial charge < -0.3 is 10.4 Å². The summed E-state index contributed by atoms with van der Waals surface area (Å²) >= 11 is 5.66. The largest absolute Gasteiger partial charge is 0.481 e. The lowest BCUT2D eigenvalue weighted by molar-refractivity contribution is -0.136. The van der Waals surface area contributed by atoms with Crippen molar-refractivity contribution in [1.29, 1.82) is 0 Å². The molecule has 0 saturated heterocycles. The molecule has 0 radical (unpaired) electrons. The Morgan fingerprint density at radius 3 is 2.61 bits per heavy atom. The first kappa shape index (κ1) is 14.6. The van der Waals surface area contributed by atoms with Crippen LogP contribution >= 0.6 is 11.6 Å². The van der Waals surface area contributed by atoms with Gasteiger partial charge in [0.15, 0.2) is 5.82 Å². The lowest BCUT2D eigenvalue weighted by atomic mass is 10.1. The Labute approximate surface area is 107 Å². The molecule has 0 saturated carbocycles. The lowest BCUT2D eigenvalue weighted by Gasteiger charge is -2.14. The summed E-state index contributed by atoms with van der Waals surface area (Å²) < 4.78 is 39.1. The fourth-order valence-corrected chi connectivity index (χ4v) is 1.51. The van der Waals surface area contributed by atoms with E-state index in [-0.39, 0.29) is 16.3 Å². The predicted octanol–water partition coefficient (Wildman–Crippen LogP) is 3.17. The minimum atomic E-state index is -3.00. The molecule has 2 N–H and O–H groups in total. The van der Waals surface area contributed by atoms with E-state index in [0.29, 0.717) is 6.92 Å². The summed E-state index contributed by atoms with van der Waals surface area (Å²) in [5, 5.41) is 10.8. The first-order valence-corrected chi connectivity index (χ1v) is 5.39. The van der Waals surface area contributed by atoms with E-state index < -0.39 is 30.7 Å². The van der Waals surface area contributed by atoms with Crippen LogP contribution in [0.4, 0.5) is 18.9 Å². The fraction of sp³-hybridized carbons (Fsp3) is 0.364. The van der Waals surface area contributed by atoms with Crippen LogP contribution in [0, 0.1) is 5.82 Å². The fourth-order valence-electron chi connectivity index (χ4n) is 1.30. The summed E-state index contributed by atoms with van der Waals surface area (Å²) in [5.41, 5.74) is -0.425. The third-order valence-electron chi connectivity index (χ3n) is 2.10. The summed E-state index contributed by atoms with van der Waals surface area (Å²) in [6, 6.07) is 2.45. The van der Waals surface area contributed by atoms with Gasteiger partial charge in [0.25, 0.3) is 5.92 Å². The first-order chi connectivity index (χ1) is 8.20. The van der Waals surface area contributed by atoms with Gasteiger partial charge in [-0.2, -0.15) is 0 Å². The number of benzene rings is 1. The minimum Gasteiger partial charge on any atom is -0.481 e. The van der Waals surface area contributed by atoms with Crippen molar-refractivity contribution in [3.8, 4) is 0 Å².